The largest absolute Gasteiger partial charge is 0.321 e. The van der Waals surface area contributed by atoms with Crippen molar-refractivity contribution in [1.82, 2.24) is 10.3 Å². The van der Waals surface area contributed by atoms with Gasteiger partial charge in [-0.1, -0.05) is 82.7 Å². The zero-order valence-corrected chi connectivity index (χ0v) is 28.9. The van der Waals surface area contributed by atoms with Crippen molar-refractivity contribution in [1.29, 1.82) is 0 Å². The molecule has 10 heteroatoms. The normalized spacial score (nSPS) is 11.9. The molecule has 238 valence electrons. The molecule has 0 aliphatic carbocycles. The molecular weight excluding hydrogens is 704 g/mol. The maximum atomic E-state index is 13.4. The SMILES string of the molecule is CC(Sc1ccc(NC(=O)/C(=C/c2ccc(Br)cc2)NC(=O)c2ccccc2)cc1)C(=O)Nc1nc(-c2ccc3ccccc3c2)cs1. The van der Waals surface area contributed by atoms with E-state index in [4.69, 9.17) is 0 Å². The molecule has 0 saturated heterocycles. The molecule has 48 heavy (non-hydrogen) atoms. The molecule has 0 fully saturated rings. The van der Waals surface area contributed by atoms with Gasteiger partial charge in [0, 0.05) is 31.6 Å². The minimum atomic E-state index is -0.471. The Kier molecular flexibility index (Phi) is 10.4. The van der Waals surface area contributed by atoms with Crippen LogP contribution in [0.1, 0.15) is 22.8 Å². The number of hydrogen-bond acceptors (Lipinski definition) is 6. The van der Waals surface area contributed by atoms with Crippen LogP contribution in [0.15, 0.2) is 142 Å². The Morgan fingerprint density at radius 1 is 0.812 bits per heavy atom. The van der Waals surface area contributed by atoms with Gasteiger partial charge in [0.05, 0.1) is 10.9 Å². The summed E-state index contributed by atoms with van der Waals surface area (Å²) in [5.74, 6) is -1.02. The van der Waals surface area contributed by atoms with Crippen molar-refractivity contribution in [3.63, 3.8) is 0 Å². The van der Waals surface area contributed by atoms with E-state index in [0.717, 1.165) is 37.0 Å². The van der Waals surface area contributed by atoms with Gasteiger partial charge in [-0.3, -0.25) is 14.4 Å². The molecule has 0 aliphatic heterocycles. The molecule has 1 heterocycles. The summed E-state index contributed by atoms with van der Waals surface area (Å²) in [6.07, 6.45) is 1.63. The second-order valence-corrected chi connectivity index (χ2v) is 13.9. The molecule has 1 unspecified atom stereocenters. The van der Waals surface area contributed by atoms with E-state index in [1.54, 1.807) is 42.5 Å². The van der Waals surface area contributed by atoms with E-state index in [1.807, 2.05) is 73.0 Å². The number of thiazole rings is 1. The highest BCUT2D eigenvalue weighted by Crippen LogP contribution is 2.30. The summed E-state index contributed by atoms with van der Waals surface area (Å²) in [5.41, 5.74) is 3.63. The van der Waals surface area contributed by atoms with Crippen LogP contribution >= 0.6 is 39.0 Å². The first kappa shape index (κ1) is 32.9. The van der Waals surface area contributed by atoms with E-state index in [0.29, 0.717) is 16.4 Å². The number of anilines is 2. The van der Waals surface area contributed by atoms with Gasteiger partial charge in [-0.05, 0) is 83.9 Å². The van der Waals surface area contributed by atoms with E-state index < -0.39 is 17.1 Å². The second kappa shape index (κ2) is 15.2. The van der Waals surface area contributed by atoms with Gasteiger partial charge in [0.2, 0.25) is 5.91 Å². The van der Waals surface area contributed by atoms with Crippen molar-refractivity contribution < 1.29 is 14.4 Å². The third kappa shape index (κ3) is 8.46. The van der Waals surface area contributed by atoms with Gasteiger partial charge < -0.3 is 16.0 Å². The molecule has 5 aromatic carbocycles. The van der Waals surface area contributed by atoms with Gasteiger partial charge in [-0.15, -0.1) is 23.1 Å². The highest BCUT2D eigenvalue weighted by atomic mass is 79.9. The lowest BCUT2D eigenvalue weighted by Gasteiger charge is -2.13. The first-order chi connectivity index (χ1) is 23.3. The number of carbonyl (C=O) groups excluding carboxylic acids is 3. The molecule has 0 aliphatic rings. The number of carbonyl (C=O) groups is 3. The van der Waals surface area contributed by atoms with Crippen LogP contribution in [0.4, 0.5) is 10.8 Å². The van der Waals surface area contributed by atoms with Crippen LogP contribution in [-0.2, 0) is 9.59 Å². The number of nitrogens with one attached hydrogen (secondary N) is 3. The van der Waals surface area contributed by atoms with Crippen molar-refractivity contribution in [2.45, 2.75) is 17.1 Å². The van der Waals surface area contributed by atoms with Crippen molar-refractivity contribution in [3.05, 3.63) is 148 Å². The summed E-state index contributed by atoms with van der Waals surface area (Å²) in [4.78, 5) is 44.8. The predicted molar refractivity (Wildman–Crippen MR) is 200 cm³/mol. The van der Waals surface area contributed by atoms with E-state index in [1.165, 1.54) is 23.1 Å². The molecule has 3 N–H and O–H groups in total. The lowest BCUT2D eigenvalue weighted by Crippen LogP contribution is -2.30. The fourth-order valence-corrected chi connectivity index (χ4v) is 6.61. The third-order valence-corrected chi connectivity index (χ3v) is 9.68. The number of fused-ring (bicyclic) bond motifs is 1. The van der Waals surface area contributed by atoms with Gasteiger partial charge in [0.1, 0.15) is 5.70 Å². The minimum Gasteiger partial charge on any atom is -0.321 e. The van der Waals surface area contributed by atoms with Gasteiger partial charge in [-0.2, -0.15) is 0 Å². The smallest absolute Gasteiger partial charge is 0.272 e. The van der Waals surface area contributed by atoms with E-state index in [-0.39, 0.29) is 11.6 Å². The Morgan fingerprint density at radius 3 is 2.27 bits per heavy atom. The fourth-order valence-electron chi connectivity index (χ4n) is 4.76. The van der Waals surface area contributed by atoms with Gasteiger partial charge in [-0.25, -0.2) is 4.98 Å². The quantitative estimate of drug-likeness (QED) is 0.0963. The highest BCUT2D eigenvalue weighted by Gasteiger charge is 2.18. The van der Waals surface area contributed by atoms with Gasteiger partial charge in [0.25, 0.3) is 11.8 Å². The molecule has 0 spiro atoms. The molecule has 0 saturated carbocycles. The third-order valence-electron chi connectivity index (χ3n) is 7.28. The average Bonchev–Trinajstić information content (AvgIpc) is 3.58. The fraction of sp³-hybridized carbons (Fsp3) is 0.0526. The highest BCUT2D eigenvalue weighted by molar-refractivity contribution is 9.10. The Labute approximate surface area is 294 Å². The molecule has 0 bridgehead atoms. The lowest BCUT2D eigenvalue weighted by molar-refractivity contribution is -0.115. The lowest BCUT2D eigenvalue weighted by atomic mass is 10.1. The standard InChI is InChI=1S/C38H29BrN4O3S2/c1-24(35(44)43-38-42-34(23-47-38)29-14-13-26-7-5-6-10-28(26)22-29)48-32-19-17-31(18-20-32)40-37(46)33(21-25-11-15-30(39)16-12-25)41-36(45)27-8-3-2-4-9-27/h2-24H,1H3,(H,40,46)(H,41,45)(H,42,43,44)/b33-21-. The monoisotopic (exact) mass is 732 g/mol. The summed E-state index contributed by atoms with van der Waals surface area (Å²) < 4.78 is 0.901. The Balaban J connectivity index is 1.07. The average molecular weight is 734 g/mol. The molecule has 3 amide bonds. The molecular formula is C38H29BrN4O3S2. The number of halogens is 1. The van der Waals surface area contributed by atoms with Crippen LogP contribution in [0.2, 0.25) is 0 Å². The van der Waals surface area contributed by atoms with Gasteiger partial charge in [0.15, 0.2) is 5.13 Å². The van der Waals surface area contributed by atoms with Crippen LogP contribution in [0, 0.1) is 0 Å². The minimum absolute atomic E-state index is 0.0980. The summed E-state index contributed by atoms with van der Waals surface area (Å²) in [5, 5.41) is 12.9. The maximum Gasteiger partial charge on any atom is 0.272 e. The number of hydrogen-bond donors (Lipinski definition) is 3. The van der Waals surface area contributed by atoms with Crippen LogP contribution in [0.25, 0.3) is 28.1 Å². The summed E-state index contributed by atoms with van der Waals surface area (Å²) in [6.45, 7) is 1.84. The summed E-state index contributed by atoms with van der Waals surface area (Å²) in [7, 11) is 0. The van der Waals surface area contributed by atoms with E-state index in [2.05, 4.69) is 61.1 Å². The number of thioether (sulfide) groups is 1. The predicted octanol–water partition coefficient (Wildman–Crippen LogP) is 9.25. The molecule has 6 aromatic rings. The Hall–Kier alpha value is -5.03. The van der Waals surface area contributed by atoms with E-state index in [9.17, 15) is 14.4 Å². The zero-order chi connectivity index (χ0) is 33.5. The Bertz CT molecular complexity index is 2110. The van der Waals surface area contributed by atoms with Crippen molar-refractivity contribution in [2.24, 2.45) is 0 Å². The van der Waals surface area contributed by atoms with Crippen molar-refractivity contribution >= 4 is 84.4 Å². The van der Waals surface area contributed by atoms with Crippen LogP contribution < -0.4 is 16.0 Å². The number of rotatable bonds is 10. The first-order valence-electron chi connectivity index (χ1n) is 15.0. The summed E-state index contributed by atoms with van der Waals surface area (Å²) >= 11 is 6.21. The molecule has 7 nitrogen and oxygen atoms in total. The van der Waals surface area contributed by atoms with Crippen LogP contribution in [-0.4, -0.2) is 28.0 Å². The molecule has 6 rings (SSSR count). The zero-order valence-electron chi connectivity index (χ0n) is 25.6. The number of benzene rings is 5. The number of nitrogens with zero attached hydrogens (tertiary/aromatic N) is 1. The first-order valence-corrected chi connectivity index (χ1v) is 17.5. The maximum absolute atomic E-state index is 13.4. The van der Waals surface area contributed by atoms with Crippen LogP contribution in [0.3, 0.4) is 0 Å². The Morgan fingerprint density at radius 2 is 1.52 bits per heavy atom. The number of amides is 3. The molecule has 1 atom stereocenters. The van der Waals surface area contributed by atoms with E-state index >= 15 is 0 Å². The van der Waals surface area contributed by atoms with Crippen molar-refractivity contribution in [2.75, 3.05) is 10.6 Å². The number of aromatic nitrogens is 1. The van der Waals surface area contributed by atoms with Gasteiger partial charge >= 0.3 is 0 Å². The molecule has 0 radical (unpaired) electrons. The summed E-state index contributed by atoms with van der Waals surface area (Å²) in [6, 6.07) is 37.7. The van der Waals surface area contributed by atoms with Crippen molar-refractivity contribution in [3.8, 4) is 11.3 Å². The topological polar surface area (TPSA) is 100 Å². The van der Waals surface area contributed by atoms with Crippen LogP contribution in [0.5, 0.6) is 0 Å². The second-order valence-electron chi connectivity index (χ2n) is 10.8. The molecule has 1 aromatic heterocycles.